The van der Waals surface area contributed by atoms with E-state index >= 15 is 0 Å². The average Bonchev–Trinajstić information content (AvgIpc) is 3.34. The van der Waals surface area contributed by atoms with Crippen LogP contribution in [-0.4, -0.2) is 27.1 Å². The summed E-state index contributed by atoms with van der Waals surface area (Å²) in [6.07, 6.45) is 1.14. The normalized spacial score (nSPS) is 12.4. The second kappa shape index (κ2) is 9.29. The van der Waals surface area contributed by atoms with Crippen molar-refractivity contribution in [2.24, 2.45) is 4.99 Å². The van der Waals surface area contributed by atoms with Crippen LogP contribution >= 0.6 is 0 Å². The van der Waals surface area contributed by atoms with Gasteiger partial charge in [-0.3, -0.25) is 14.8 Å². The average molecular weight is 491 g/mol. The summed E-state index contributed by atoms with van der Waals surface area (Å²) in [5.41, 5.74) is 2.75. The van der Waals surface area contributed by atoms with Gasteiger partial charge >= 0.3 is 6.18 Å². The Morgan fingerprint density at radius 2 is 1.86 bits per heavy atom. The number of rotatable bonds is 5. The standard InChI is InChI=1S/C26H17F4N5O/c27-20-7-6-15(11-19(20)25(36)35-17-4-1-3-16(13-17)26(28,29)30)12-22-18(5-2-9-31-22)23-24-21(8-10-32-24)33-14-34-23/h1-7,9-11,13-14H,8,12H2,(H,35,36). The van der Waals surface area contributed by atoms with Crippen LogP contribution in [0.1, 0.15) is 32.9 Å². The van der Waals surface area contributed by atoms with Crippen LogP contribution < -0.4 is 5.32 Å². The molecule has 5 rings (SSSR count). The van der Waals surface area contributed by atoms with Gasteiger partial charge in [-0.15, -0.1) is 0 Å². The number of aliphatic imine (C=N–C) groups is 1. The number of halogens is 4. The van der Waals surface area contributed by atoms with Crippen LogP contribution in [-0.2, 0) is 19.0 Å². The number of hydrogen-bond acceptors (Lipinski definition) is 5. The van der Waals surface area contributed by atoms with Crippen molar-refractivity contribution in [2.45, 2.75) is 19.0 Å². The van der Waals surface area contributed by atoms with Crippen LogP contribution in [0.15, 0.2) is 72.1 Å². The Bertz CT molecular complexity index is 1500. The number of nitrogens with one attached hydrogen (secondary N) is 1. The molecule has 4 aromatic rings. The van der Waals surface area contributed by atoms with Crippen molar-refractivity contribution in [3.63, 3.8) is 0 Å². The van der Waals surface area contributed by atoms with E-state index in [0.29, 0.717) is 29.1 Å². The largest absolute Gasteiger partial charge is 0.416 e. The second-order valence-electron chi connectivity index (χ2n) is 8.05. The summed E-state index contributed by atoms with van der Waals surface area (Å²) in [5.74, 6) is -1.66. The van der Waals surface area contributed by atoms with E-state index in [2.05, 4.69) is 25.3 Å². The highest BCUT2D eigenvalue weighted by Gasteiger charge is 2.30. The predicted molar refractivity (Wildman–Crippen MR) is 126 cm³/mol. The van der Waals surface area contributed by atoms with Crippen molar-refractivity contribution < 1.29 is 22.4 Å². The highest BCUT2D eigenvalue weighted by Crippen LogP contribution is 2.35. The first kappa shape index (κ1) is 23.3. The summed E-state index contributed by atoms with van der Waals surface area (Å²) >= 11 is 0. The van der Waals surface area contributed by atoms with Gasteiger partial charge < -0.3 is 5.32 Å². The lowest BCUT2D eigenvalue weighted by atomic mass is 10.00. The van der Waals surface area contributed by atoms with E-state index < -0.39 is 23.5 Å². The quantitative estimate of drug-likeness (QED) is 0.358. The monoisotopic (exact) mass is 491 g/mol. The smallest absolute Gasteiger partial charge is 0.322 e. The Hall–Kier alpha value is -4.47. The zero-order valence-electron chi connectivity index (χ0n) is 18.6. The maximum Gasteiger partial charge on any atom is 0.416 e. The van der Waals surface area contributed by atoms with Crippen molar-refractivity contribution in [3.05, 3.63) is 101 Å². The molecule has 2 aromatic heterocycles. The van der Waals surface area contributed by atoms with Crippen LogP contribution in [0, 0.1) is 5.82 Å². The summed E-state index contributed by atoms with van der Waals surface area (Å²) < 4.78 is 53.5. The molecule has 3 heterocycles. The lowest BCUT2D eigenvalue weighted by Gasteiger charge is -2.12. The van der Waals surface area contributed by atoms with Gasteiger partial charge in [0.1, 0.15) is 23.5 Å². The van der Waals surface area contributed by atoms with Crippen LogP contribution in [0.4, 0.5) is 28.9 Å². The molecule has 0 saturated carbocycles. The number of aromatic nitrogens is 3. The van der Waals surface area contributed by atoms with Crippen LogP contribution in [0.2, 0.25) is 0 Å². The first-order valence-corrected chi connectivity index (χ1v) is 10.9. The summed E-state index contributed by atoms with van der Waals surface area (Å²) in [5, 5.41) is 2.34. The fraction of sp³-hybridized carbons (Fsp3) is 0.115. The number of amides is 1. The molecule has 2 aromatic carbocycles. The molecule has 0 radical (unpaired) electrons. The van der Waals surface area contributed by atoms with Crippen molar-refractivity contribution in [3.8, 4) is 11.3 Å². The second-order valence-corrected chi connectivity index (χ2v) is 8.05. The summed E-state index contributed by atoms with van der Waals surface area (Å²) in [6, 6.07) is 11.8. The Morgan fingerprint density at radius 3 is 2.69 bits per heavy atom. The topological polar surface area (TPSA) is 80.1 Å². The molecule has 0 aliphatic carbocycles. The number of alkyl halides is 3. The van der Waals surface area contributed by atoms with Gasteiger partial charge in [0.15, 0.2) is 0 Å². The molecule has 1 N–H and O–H groups in total. The first-order valence-electron chi connectivity index (χ1n) is 10.9. The van der Waals surface area contributed by atoms with Crippen molar-refractivity contribution in [1.29, 1.82) is 0 Å². The zero-order valence-corrected chi connectivity index (χ0v) is 18.6. The Morgan fingerprint density at radius 1 is 1.00 bits per heavy atom. The van der Waals surface area contributed by atoms with Gasteiger partial charge in [0.2, 0.25) is 0 Å². The molecule has 0 atom stereocenters. The van der Waals surface area contributed by atoms with E-state index in [1.807, 2.05) is 6.07 Å². The van der Waals surface area contributed by atoms with Crippen molar-refractivity contribution in [2.75, 3.05) is 5.32 Å². The van der Waals surface area contributed by atoms with E-state index in [9.17, 15) is 22.4 Å². The van der Waals surface area contributed by atoms with Crippen LogP contribution in [0.25, 0.3) is 11.3 Å². The molecule has 6 nitrogen and oxygen atoms in total. The Labute approximate surface area is 202 Å². The van der Waals surface area contributed by atoms with E-state index in [4.69, 9.17) is 0 Å². The lowest BCUT2D eigenvalue weighted by molar-refractivity contribution is -0.137. The van der Waals surface area contributed by atoms with Gasteiger partial charge in [0.25, 0.3) is 5.91 Å². The number of benzene rings is 2. The summed E-state index contributed by atoms with van der Waals surface area (Å²) in [4.78, 5) is 30.2. The van der Waals surface area contributed by atoms with Crippen molar-refractivity contribution in [1.82, 2.24) is 15.0 Å². The molecule has 10 heteroatoms. The van der Waals surface area contributed by atoms with Crippen LogP contribution in [0.5, 0.6) is 0 Å². The summed E-state index contributed by atoms with van der Waals surface area (Å²) in [6.45, 7) is 0. The molecule has 0 fully saturated rings. The third-order valence-electron chi connectivity index (χ3n) is 5.64. The molecule has 1 amide bonds. The van der Waals surface area contributed by atoms with Gasteiger partial charge in [-0.25, -0.2) is 14.4 Å². The number of carbonyl (C=O) groups is 1. The van der Waals surface area contributed by atoms with Gasteiger partial charge in [-0.1, -0.05) is 12.1 Å². The molecular formula is C26H17F4N5O. The van der Waals surface area contributed by atoms with Gasteiger partial charge in [-0.05, 0) is 48.0 Å². The van der Waals surface area contributed by atoms with Gasteiger partial charge in [0, 0.05) is 36.5 Å². The third-order valence-corrected chi connectivity index (χ3v) is 5.64. The highest BCUT2D eigenvalue weighted by molar-refractivity contribution is 6.04. The number of pyridine rings is 1. The molecule has 1 aliphatic heterocycles. The molecule has 0 bridgehead atoms. The van der Waals surface area contributed by atoms with Crippen molar-refractivity contribution >= 4 is 23.5 Å². The third kappa shape index (κ3) is 4.70. The minimum absolute atomic E-state index is 0.0928. The number of anilines is 1. The molecule has 1 aliphatic rings. The fourth-order valence-electron chi connectivity index (χ4n) is 3.94. The number of nitrogens with zero attached hydrogens (tertiary/aromatic N) is 4. The molecule has 36 heavy (non-hydrogen) atoms. The van der Waals surface area contributed by atoms with E-state index in [1.54, 1.807) is 18.5 Å². The lowest BCUT2D eigenvalue weighted by Crippen LogP contribution is -2.15. The van der Waals surface area contributed by atoms with Gasteiger partial charge in [0.05, 0.1) is 22.5 Å². The number of carbonyl (C=O) groups excluding carboxylic acids is 1. The first-order chi connectivity index (χ1) is 17.3. The minimum atomic E-state index is -4.57. The summed E-state index contributed by atoms with van der Waals surface area (Å²) in [7, 11) is 0. The van der Waals surface area contributed by atoms with Crippen LogP contribution in [0.3, 0.4) is 0 Å². The molecule has 180 valence electrons. The number of hydrogen-bond donors (Lipinski definition) is 1. The molecular weight excluding hydrogens is 474 g/mol. The fourth-order valence-corrected chi connectivity index (χ4v) is 3.94. The number of fused-ring (bicyclic) bond motifs is 1. The molecule has 0 unspecified atom stereocenters. The SMILES string of the molecule is O=C(Nc1cccc(C(F)(F)F)c1)c1cc(Cc2ncccc2-c2ncnc3c2N=CC3)ccc1F. The molecule has 0 saturated heterocycles. The van der Waals surface area contributed by atoms with E-state index in [1.165, 1.54) is 30.6 Å². The highest BCUT2D eigenvalue weighted by atomic mass is 19.4. The minimum Gasteiger partial charge on any atom is -0.322 e. The Kier molecular flexibility index (Phi) is 6.01. The van der Waals surface area contributed by atoms with E-state index in [-0.39, 0.29) is 17.7 Å². The Balaban J connectivity index is 1.43. The maximum atomic E-state index is 14.5. The molecule has 0 spiro atoms. The zero-order chi connectivity index (χ0) is 25.3. The van der Waals surface area contributed by atoms with Gasteiger partial charge in [-0.2, -0.15) is 13.2 Å². The predicted octanol–water partition coefficient (Wildman–Crippen LogP) is 5.80. The van der Waals surface area contributed by atoms with E-state index in [0.717, 1.165) is 29.5 Å². The maximum absolute atomic E-state index is 14.5.